The first-order valence-electron chi connectivity index (χ1n) is 7.29. The molecule has 0 fully saturated rings. The maximum Gasteiger partial charge on any atom is 0.119 e. The Morgan fingerprint density at radius 3 is 2.65 bits per heavy atom. The van der Waals surface area contributed by atoms with Crippen molar-refractivity contribution in [2.45, 2.75) is 6.04 Å². The van der Waals surface area contributed by atoms with Gasteiger partial charge >= 0.3 is 0 Å². The molecule has 0 aliphatic heterocycles. The second kappa shape index (κ2) is 7.87. The third kappa shape index (κ3) is 4.38. The van der Waals surface area contributed by atoms with Crippen LogP contribution < -0.4 is 10.1 Å². The summed E-state index contributed by atoms with van der Waals surface area (Å²) in [5, 5.41) is 12.8. The molecule has 1 unspecified atom stereocenters. The number of ether oxygens (including phenoxy) is 1. The quantitative estimate of drug-likeness (QED) is 0.872. The van der Waals surface area contributed by atoms with Gasteiger partial charge in [-0.25, -0.2) is 0 Å². The summed E-state index contributed by atoms with van der Waals surface area (Å²) >= 11 is 6.07. The fourth-order valence-electron chi connectivity index (χ4n) is 2.38. The van der Waals surface area contributed by atoms with Gasteiger partial charge in [0.25, 0.3) is 0 Å². The van der Waals surface area contributed by atoms with Crippen LogP contribution in [0.1, 0.15) is 17.2 Å². The first kappa shape index (κ1) is 17.1. The van der Waals surface area contributed by atoms with Gasteiger partial charge in [-0.3, -0.25) is 0 Å². The molecule has 0 spiro atoms. The Hall–Kier alpha value is -2.22. The van der Waals surface area contributed by atoms with Crippen molar-refractivity contribution < 1.29 is 4.74 Å². The summed E-state index contributed by atoms with van der Waals surface area (Å²) in [5.74, 6) is 0.843. The summed E-state index contributed by atoms with van der Waals surface area (Å²) in [6.45, 7) is 0.711. The number of rotatable bonds is 6. The predicted molar refractivity (Wildman–Crippen MR) is 94.1 cm³/mol. The molecule has 0 bridgehead atoms. The molecule has 0 aromatic heterocycles. The zero-order valence-electron chi connectivity index (χ0n) is 13.5. The standard InChI is InChI=1S/C18H20ClN3O/c1-22(2)18(13-5-4-6-16(9-13)23-3)12-21-15-8-7-14(11-20)17(19)10-15/h4-10,18,21H,12H2,1-3H3. The smallest absolute Gasteiger partial charge is 0.119 e. The van der Waals surface area contributed by atoms with Crippen LogP contribution in [-0.2, 0) is 0 Å². The lowest BCUT2D eigenvalue weighted by molar-refractivity contribution is 0.310. The zero-order chi connectivity index (χ0) is 16.8. The van der Waals surface area contributed by atoms with Gasteiger partial charge in [0.1, 0.15) is 11.8 Å². The number of halogens is 1. The summed E-state index contributed by atoms with van der Waals surface area (Å²) in [5.41, 5.74) is 2.54. The summed E-state index contributed by atoms with van der Waals surface area (Å²) in [4.78, 5) is 2.15. The van der Waals surface area contributed by atoms with Crippen LogP contribution in [0, 0.1) is 11.3 Å². The van der Waals surface area contributed by atoms with Crippen molar-refractivity contribution in [1.82, 2.24) is 4.90 Å². The number of hydrogen-bond acceptors (Lipinski definition) is 4. The van der Waals surface area contributed by atoms with Crippen LogP contribution in [0.15, 0.2) is 42.5 Å². The maximum absolute atomic E-state index is 8.92. The van der Waals surface area contributed by atoms with Gasteiger partial charge < -0.3 is 15.0 Å². The molecule has 2 aromatic carbocycles. The molecule has 0 aliphatic carbocycles. The first-order valence-corrected chi connectivity index (χ1v) is 7.67. The van der Waals surface area contributed by atoms with Crippen LogP contribution >= 0.6 is 11.6 Å². The number of nitrogens with one attached hydrogen (secondary N) is 1. The van der Waals surface area contributed by atoms with E-state index in [2.05, 4.69) is 22.4 Å². The lowest BCUT2D eigenvalue weighted by Crippen LogP contribution is -2.26. The van der Waals surface area contributed by atoms with Gasteiger partial charge in [-0.2, -0.15) is 5.26 Å². The van der Waals surface area contributed by atoms with E-state index >= 15 is 0 Å². The van der Waals surface area contributed by atoms with Crippen LogP contribution in [0.5, 0.6) is 5.75 Å². The van der Waals surface area contributed by atoms with Gasteiger partial charge in [-0.05, 0) is 50.0 Å². The van der Waals surface area contributed by atoms with Gasteiger partial charge in [0.15, 0.2) is 0 Å². The van der Waals surface area contributed by atoms with Crippen molar-refractivity contribution in [2.24, 2.45) is 0 Å². The van der Waals surface area contributed by atoms with Gasteiger partial charge in [-0.15, -0.1) is 0 Å². The number of likely N-dealkylation sites (N-methyl/N-ethyl adjacent to an activating group) is 1. The lowest BCUT2D eigenvalue weighted by atomic mass is 10.1. The molecule has 4 nitrogen and oxygen atoms in total. The van der Waals surface area contributed by atoms with Crippen molar-refractivity contribution in [1.29, 1.82) is 5.26 Å². The molecule has 0 amide bonds. The van der Waals surface area contributed by atoms with Crippen LogP contribution in [0.4, 0.5) is 5.69 Å². The second-order valence-electron chi connectivity index (χ2n) is 5.44. The van der Waals surface area contributed by atoms with Crippen LogP contribution in [0.25, 0.3) is 0 Å². The summed E-state index contributed by atoms with van der Waals surface area (Å²) < 4.78 is 5.30. The Kier molecular flexibility index (Phi) is 5.86. The monoisotopic (exact) mass is 329 g/mol. The number of nitrogens with zero attached hydrogens (tertiary/aromatic N) is 2. The third-order valence-corrected chi connectivity index (χ3v) is 4.00. The molecular formula is C18H20ClN3O. The van der Waals surface area contributed by atoms with E-state index in [0.29, 0.717) is 17.1 Å². The number of benzene rings is 2. The molecule has 1 N–H and O–H groups in total. The molecule has 0 saturated carbocycles. The molecule has 5 heteroatoms. The Balaban J connectivity index is 2.14. The Morgan fingerprint density at radius 2 is 2.04 bits per heavy atom. The van der Waals surface area contributed by atoms with E-state index in [-0.39, 0.29) is 6.04 Å². The van der Waals surface area contributed by atoms with E-state index in [0.717, 1.165) is 11.4 Å². The van der Waals surface area contributed by atoms with Gasteiger partial charge in [0.2, 0.25) is 0 Å². The van der Waals surface area contributed by atoms with Crippen molar-refractivity contribution in [2.75, 3.05) is 33.1 Å². The molecule has 0 aliphatic rings. The minimum Gasteiger partial charge on any atom is -0.497 e. The molecule has 1 atom stereocenters. The summed E-state index contributed by atoms with van der Waals surface area (Å²) in [7, 11) is 5.75. The number of nitriles is 1. The normalized spacial score (nSPS) is 11.8. The van der Waals surface area contributed by atoms with Gasteiger partial charge in [0.05, 0.1) is 23.7 Å². The largest absolute Gasteiger partial charge is 0.497 e. The Labute approximate surface area is 142 Å². The van der Waals surface area contributed by atoms with Crippen molar-refractivity contribution in [3.8, 4) is 11.8 Å². The zero-order valence-corrected chi connectivity index (χ0v) is 14.3. The van der Waals surface area contributed by atoms with Crippen LogP contribution in [0.2, 0.25) is 5.02 Å². The molecule has 2 rings (SSSR count). The third-order valence-electron chi connectivity index (χ3n) is 3.69. The lowest BCUT2D eigenvalue weighted by Gasteiger charge is -2.26. The minimum absolute atomic E-state index is 0.180. The highest BCUT2D eigenvalue weighted by atomic mass is 35.5. The van der Waals surface area contributed by atoms with E-state index in [4.69, 9.17) is 21.6 Å². The van der Waals surface area contributed by atoms with Crippen LogP contribution in [0.3, 0.4) is 0 Å². The summed E-state index contributed by atoms with van der Waals surface area (Å²) in [6, 6.07) is 15.7. The molecule has 120 valence electrons. The highest BCUT2D eigenvalue weighted by molar-refractivity contribution is 6.32. The fraction of sp³-hybridized carbons (Fsp3) is 0.278. The molecule has 0 saturated heterocycles. The fourth-order valence-corrected chi connectivity index (χ4v) is 2.60. The van der Waals surface area contributed by atoms with Crippen LogP contribution in [-0.4, -0.2) is 32.6 Å². The maximum atomic E-state index is 8.92. The average Bonchev–Trinajstić information content (AvgIpc) is 2.55. The van der Waals surface area contributed by atoms with Crippen molar-refractivity contribution >= 4 is 17.3 Å². The van der Waals surface area contributed by atoms with E-state index < -0.39 is 0 Å². The molecule has 0 radical (unpaired) electrons. The number of anilines is 1. The molecule has 0 heterocycles. The van der Waals surface area contributed by atoms with Crippen molar-refractivity contribution in [3.63, 3.8) is 0 Å². The number of methoxy groups -OCH3 is 1. The SMILES string of the molecule is COc1cccc(C(CNc2ccc(C#N)c(Cl)c2)N(C)C)c1. The Bertz CT molecular complexity index is 710. The van der Waals surface area contributed by atoms with Crippen molar-refractivity contribution in [3.05, 3.63) is 58.6 Å². The summed E-state index contributed by atoms with van der Waals surface area (Å²) in [6.07, 6.45) is 0. The molecule has 23 heavy (non-hydrogen) atoms. The average molecular weight is 330 g/mol. The van der Waals surface area contributed by atoms with Gasteiger partial charge in [-0.1, -0.05) is 23.7 Å². The topological polar surface area (TPSA) is 48.3 Å². The molecular weight excluding hydrogens is 310 g/mol. The highest BCUT2D eigenvalue weighted by Crippen LogP contribution is 2.25. The van der Waals surface area contributed by atoms with E-state index in [1.54, 1.807) is 19.2 Å². The van der Waals surface area contributed by atoms with E-state index in [1.807, 2.05) is 38.4 Å². The highest BCUT2D eigenvalue weighted by Gasteiger charge is 2.15. The number of hydrogen-bond donors (Lipinski definition) is 1. The first-order chi connectivity index (χ1) is 11.0. The second-order valence-corrected chi connectivity index (χ2v) is 5.85. The Morgan fingerprint density at radius 1 is 1.26 bits per heavy atom. The molecule has 2 aromatic rings. The van der Waals surface area contributed by atoms with E-state index in [1.165, 1.54) is 5.56 Å². The predicted octanol–water partition coefficient (Wildman–Crippen LogP) is 3.94. The van der Waals surface area contributed by atoms with E-state index in [9.17, 15) is 0 Å². The minimum atomic E-state index is 0.180. The van der Waals surface area contributed by atoms with Gasteiger partial charge in [0, 0.05) is 12.2 Å².